The molecule has 31 heavy (non-hydrogen) atoms. The van der Waals surface area contributed by atoms with E-state index in [1.807, 2.05) is 12.1 Å². The first-order valence-corrected chi connectivity index (χ1v) is 11.5. The number of hydrogen-bond donors (Lipinski definition) is 1. The van der Waals surface area contributed by atoms with Crippen molar-refractivity contribution in [1.82, 2.24) is 5.06 Å². The van der Waals surface area contributed by atoms with Gasteiger partial charge in [0.05, 0.1) is 11.1 Å². The van der Waals surface area contributed by atoms with Gasteiger partial charge >= 0.3 is 5.97 Å². The third-order valence-electron chi connectivity index (χ3n) is 5.12. The Labute approximate surface area is 179 Å². The van der Waals surface area contributed by atoms with Crippen molar-refractivity contribution in [2.24, 2.45) is 0 Å². The first kappa shape index (κ1) is 20.9. The average molecular weight is 443 g/mol. The van der Waals surface area contributed by atoms with Crippen LogP contribution in [0, 0.1) is 0 Å². The highest BCUT2D eigenvalue weighted by atomic mass is 32.2. The van der Waals surface area contributed by atoms with Crippen LogP contribution in [0.5, 0.6) is 0 Å². The van der Waals surface area contributed by atoms with Gasteiger partial charge in [0.15, 0.2) is 5.75 Å². The zero-order valence-corrected chi connectivity index (χ0v) is 17.4. The van der Waals surface area contributed by atoms with E-state index in [0.29, 0.717) is 5.69 Å². The van der Waals surface area contributed by atoms with Crippen molar-refractivity contribution >= 4 is 39.2 Å². The smallest absolute Gasteiger partial charge is 0.350 e. The van der Waals surface area contributed by atoms with Crippen LogP contribution < -0.4 is 9.62 Å². The van der Waals surface area contributed by atoms with Crippen molar-refractivity contribution in [2.75, 3.05) is 28.5 Å². The minimum absolute atomic E-state index is 0.0927. The lowest BCUT2D eigenvalue weighted by Gasteiger charge is -2.28. The molecule has 1 saturated heterocycles. The molecule has 2 aliphatic rings. The zero-order chi connectivity index (χ0) is 22.0. The number of carbonyl (C=O) groups is 3. The molecule has 9 nitrogen and oxygen atoms in total. The van der Waals surface area contributed by atoms with E-state index in [4.69, 9.17) is 4.84 Å². The zero-order valence-electron chi connectivity index (χ0n) is 16.6. The highest BCUT2D eigenvalue weighted by molar-refractivity contribution is 7.93. The van der Waals surface area contributed by atoms with Crippen molar-refractivity contribution in [1.29, 1.82) is 0 Å². The lowest BCUT2D eigenvalue weighted by Crippen LogP contribution is -2.35. The molecule has 0 atom stereocenters. The molecule has 0 bridgehead atoms. The van der Waals surface area contributed by atoms with Crippen molar-refractivity contribution < 1.29 is 27.6 Å². The standard InChI is InChI=1S/C21H21N3O6S/c25-19(30-24-20(26)17-6-2-3-7-18(17)21(24)27)14-31(28,29)22-15-8-10-16(11-9-15)23-12-4-1-5-13-23/h2-3,6-11,22H,1,4-5,12-14H2. The number of anilines is 2. The number of piperidine rings is 1. The Balaban J connectivity index is 1.36. The second-order valence-electron chi connectivity index (χ2n) is 7.37. The summed E-state index contributed by atoms with van der Waals surface area (Å²) in [6, 6.07) is 12.9. The molecule has 4 rings (SSSR count). The van der Waals surface area contributed by atoms with E-state index in [9.17, 15) is 22.8 Å². The van der Waals surface area contributed by atoms with Gasteiger partial charge in [0.2, 0.25) is 10.0 Å². The van der Waals surface area contributed by atoms with Crippen molar-refractivity contribution in [3.8, 4) is 0 Å². The summed E-state index contributed by atoms with van der Waals surface area (Å²) in [4.78, 5) is 43.6. The number of sulfonamides is 1. The molecule has 2 aromatic rings. The second-order valence-corrected chi connectivity index (χ2v) is 9.09. The molecule has 0 radical (unpaired) electrons. The Morgan fingerprint density at radius 2 is 1.48 bits per heavy atom. The highest BCUT2D eigenvalue weighted by Gasteiger charge is 2.39. The first-order valence-electron chi connectivity index (χ1n) is 9.88. The summed E-state index contributed by atoms with van der Waals surface area (Å²) in [6.07, 6.45) is 3.47. The van der Waals surface area contributed by atoms with Crippen LogP contribution in [0.1, 0.15) is 40.0 Å². The molecule has 0 unspecified atom stereocenters. The van der Waals surface area contributed by atoms with E-state index in [-0.39, 0.29) is 16.2 Å². The lowest BCUT2D eigenvalue weighted by atomic mass is 10.1. The van der Waals surface area contributed by atoms with Crippen molar-refractivity contribution in [2.45, 2.75) is 19.3 Å². The largest absolute Gasteiger partial charge is 0.372 e. The van der Waals surface area contributed by atoms with Gasteiger partial charge in [-0.25, -0.2) is 13.2 Å². The number of nitrogens with one attached hydrogen (secondary N) is 1. The topological polar surface area (TPSA) is 113 Å². The Kier molecular flexibility index (Phi) is 5.64. The quantitative estimate of drug-likeness (QED) is 0.681. The Morgan fingerprint density at radius 3 is 2.06 bits per heavy atom. The lowest BCUT2D eigenvalue weighted by molar-refractivity contribution is -0.165. The molecule has 10 heteroatoms. The molecule has 0 spiro atoms. The van der Waals surface area contributed by atoms with Crippen LogP contribution in [0.3, 0.4) is 0 Å². The van der Waals surface area contributed by atoms with Crippen molar-refractivity contribution in [3.05, 3.63) is 59.7 Å². The molecule has 2 heterocycles. The maximum atomic E-state index is 12.3. The van der Waals surface area contributed by atoms with Gasteiger partial charge in [0.25, 0.3) is 11.8 Å². The van der Waals surface area contributed by atoms with E-state index in [1.165, 1.54) is 18.6 Å². The molecule has 0 aliphatic carbocycles. The number of hydrogen-bond acceptors (Lipinski definition) is 7. The molecule has 0 aromatic heterocycles. The van der Waals surface area contributed by atoms with Gasteiger partial charge < -0.3 is 9.74 Å². The molecule has 2 amide bonds. The van der Waals surface area contributed by atoms with E-state index in [1.54, 1.807) is 24.3 Å². The van der Waals surface area contributed by atoms with E-state index < -0.39 is 33.6 Å². The molecular formula is C21H21N3O6S. The summed E-state index contributed by atoms with van der Waals surface area (Å²) >= 11 is 0. The van der Waals surface area contributed by atoms with Crippen LogP contribution in [0.25, 0.3) is 0 Å². The molecular weight excluding hydrogens is 422 g/mol. The number of carbonyl (C=O) groups excluding carboxylic acids is 3. The molecule has 1 N–H and O–H groups in total. The fourth-order valence-electron chi connectivity index (χ4n) is 3.64. The van der Waals surface area contributed by atoms with E-state index in [0.717, 1.165) is 31.6 Å². The Morgan fingerprint density at radius 1 is 0.903 bits per heavy atom. The Hall–Kier alpha value is -3.40. The van der Waals surface area contributed by atoms with Crippen LogP contribution in [0.2, 0.25) is 0 Å². The fraction of sp³-hybridized carbons (Fsp3) is 0.286. The van der Waals surface area contributed by atoms with Gasteiger partial charge in [-0.2, -0.15) is 0 Å². The SMILES string of the molecule is O=C(CS(=O)(=O)Nc1ccc(N2CCCCC2)cc1)ON1C(=O)c2ccccc2C1=O. The van der Waals surface area contributed by atoms with Crippen molar-refractivity contribution in [3.63, 3.8) is 0 Å². The average Bonchev–Trinajstić information content (AvgIpc) is 2.99. The number of rotatable bonds is 6. The first-order chi connectivity index (χ1) is 14.8. The fourth-order valence-corrected chi connectivity index (χ4v) is 4.57. The van der Waals surface area contributed by atoms with Gasteiger partial charge in [-0.1, -0.05) is 17.2 Å². The van der Waals surface area contributed by atoms with Crippen LogP contribution >= 0.6 is 0 Å². The monoisotopic (exact) mass is 443 g/mol. The van der Waals surface area contributed by atoms with Gasteiger partial charge in [0.1, 0.15) is 0 Å². The van der Waals surface area contributed by atoms with Crippen LogP contribution in [0.15, 0.2) is 48.5 Å². The number of benzene rings is 2. The third kappa shape index (κ3) is 4.53. The molecule has 162 valence electrons. The Bertz CT molecular complexity index is 1090. The molecule has 2 aromatic carbocycles. The van der Waals surface area contributed by atoms with Gasteiger partial charge in [0, 0.05) is 24.5 Å². The third-order valence-corrected chi connectivity index (χ3v) is 6.28. The molecule has 1 fully saturated rings. The maximum Gasteiger partial charge on any atom is 0.350 e. The van der Waals surface area contributed by atoms with Crippen LogP contribution in [-0.2, 0) is 19.7 Å². The van der Waals surface area contributed by atoms with Crippen LogP contribution in [0.4, 0.5) is 11.4 Å². The van der Waals surface area contributed by atoms with E-state index in [2.05, 4.69) is 9.62 Å². The summed E-state index contributed by atoms with van der Waals surface area (Å²) < 4.78 is 27.0. The minimum Gasteiger partial charge on any atom is -0.372 e. The summed E-state index contributed by atoms with van der Waals surface area (Å²) in [5.41, 5.74) is 1.49. The number of hydroxylamine groups is 2. The number of imide groups is 1. The summed E-state index contributed by atoms with van der Waals surface area (Å²) in [5.74, 6) is -3.92. The predicted octanol–water partition coefficient (Wildman–Crippen LogP) is 2.17. The van der Waals surface area contributed by atoms with Crippen LogP contribution in [-0.4, -0.2) is 50.1 Å². The predicted molar refractivity (Wildman–Crippen MR) is 113 cm³/mol. The number of amides is 2. The van der Waals surface area contributed by atoms with Gasteiger partial charge in [-0.3, -0.25) is 14.3 Å². The minimum atomic E-state index is -4.10. The molecule has 2 aliphatic heterocycles. The van der Waals surface area contributed by atoms with Gasteiger partial charge in [-0.05, 0) is 55.7 Å². The normalized spacial score (nSPS) is 16.3. The van der Waals surface area contributed by atoms with Gasteiger partial charge in [-0.15, -0.1) is 0 Å². The second kappa shape index (κ2) is 8.38. The number of fused-ring (bicyclic) bond motifs is 1. The van der Waals surface area contributed by atoms with E-state index >= 15 is 0 Å². The maximum absolute atomic E-state index is 12.3. The highest BCUT2D eigenvalue weighted by Crippen LogP contribution is 2.24. The number of nitrogens with zero attached hydrogens (tertiary/aromatic N) is 2. The summed E-state index contributed by atoms with van der Waals surface area (Å²) in [7, 11) is -4.10. The molecule has 0 saturated carbocycles. The summed E-state index contributed by atoms with van der Waals surface area (Å²) in [5, 5.41) is 0.288. The summed E-state index contributed by atoms with van der Waals surface area (Å²) in [6.45, 7) is 1.93.